The Bertz CT molecular complexity index is 1040. The van der Waals surface area contributed by atoms with Crippen LogP contribution in [0.4, 0.5) is 5.69 Å². The first-order chi connectivity index (χ1) is 14.7. The largest absolute Gasteiger partial charge is 0.339 e. The summed E-state index contributed by atoms with van der Waals surface area (Å²) in [6, 6.07) is 12.5. The Morgan fingerprint density at radius 3 is 2.03 bits per heavy atom. The summed E-state index contributed by atoms with van der Waals surface area (Å²) in [4.78, 5) is 27.5. The van der Waals surface area contributed by atoms with Gasteiger partial charge in [0.15, 0.2) is 14.6 Å². The average Bonchev–Trinajstić information content (AvgIpc) is 3.27. The highest BCUT2D eigenvalue weighted by atomic mass is 35.5. The summed E-state index contributed by atoms with van der Waals surface area (Å²) in [6.45, 7) is 5.05. The Morgan fingerprint density at radius 1 is 0.968 bits per heavy atom. The van der Waals surface area contributed by atoms with Gasteiger partial charge < -0.3 is 10.2 Å². The first-order valence-electron chi connectivity index (χ1n) is 10.5. The number of nitrogens with one attached hydrogen (secondary N) is 1. The van der Waals surface area contributed by atoms with Crippen molar-refractivity contribution in [3.05, 3.63) is 59.1 Å². The molecule has 6 nitrogen and oxygen atoms in total. The van der Waals surface area contributed by atoms with Gasteiger partial charge in [-0.1, -0.05) is 24.4 Å². The molecule has 1 aliphatic carbocycles. The number of rotatable bonds is 7. The second-order valence-electron chi connectivity index (χ2n) is 7.67. The number of hydrogen-bond donors (Lipinski definition) is 1. The van der Waals surface area contributed by atoms with E-state index in [1.165, 1.54) is 24.3 Å². The molecule has 1 saturated carbocycles. The molecule has 166 valence electrons. The maximum Gasteiger partial charge on any atom is 0.253 e. The van der Waals surface area contributed by atoms with Gasteiger partial charge >= 0.3 is 0 Å². The number of anilines is 1. The van der Waals surface area contributed by atoms with E-state index in [-0.39, 0.29) is 23.6 Å². The molecule has 0 spiro atoms. The standard InChI is InChI=1S/C23H27ClN2O4S/c1-3-26(4-2)21(27)17-7-11-19(12-8-17)25-22(28)23(15-5-6-16-23)31(29,30)20-13-9-18(24)10-14-20/h7-14H,3-6,15-16H2,1-2H3,(H,25,28). The van der Waals surface area contributed by atoms with E-state index in [2.05, 4.69) is 5.32 Å². The van der Waals surface area contributed by atoms with Crippen LogP contribution in [0.15, 0.2) is 53.4 Å². The number of amides is 2. The molecule has 0 aromatic heterocycles. The monoisotopic (exact) mass is 462 g/mol. The van der Waals surface area contributed by atoms with E-state index < -0.39 is 20.5 Å². The molecule has 3 rings (SSSR count). The van der Waals surface area contributed by atoms with Crippen LogP contribution in [0.2, 0.25) is 5.02 Å². The Labute approximate surface area is 188 Å². The summed E-state index contributed by atoms with van der Waals surface area (Å²) in [7, 11) is -3.91. The predicted molar refractivity (Wildman–Crippen MR) is 122 cm³/mol. The van der Waals surface area contributed by atoms with E-state index in [9.17, 15) is 18.0 Å². The zero-order valence-electron chi connectivity index (χ0n) is 17.7. The first-order valence-corrected chi connectivity index (χ1v) is 12.3. The van der Waals surface area contributed by atoms with Crippen molar-refractivity contribution in [1.29, 1.82) is 0 Å². The van der Waals surface area contributed by atoms with Crippen LogP contribution in [0.5, 0.6) is 0 Å². The van der Waals surface area contributed by atoms with Gasteiger partial charge in [-0.3, -0.25) is 9.59 Å². The van der Waals surface area contributed by atoms with Crippen molar-refractivity contribution in [2.24, 2.45) is 0 Å². The van der Waals surface area contributed by atoms with Gasteiger partial charge in [0.2, 0.25) is 5.91 Å². The highest BCUT2D eigenvalue weighted by Gasteiger charge is 2.52. The lowest BCUT2D eigenvalue weighted by atomic mass is 10.1. The summed E-state index contributed by atoms with van der Waals surface area (Å²) in [6.07, 6.45) is 1.86. The third kappa shape index (κ3) is 4.48. The van der Waals surface area contributed by atoms with Crippen molar-refractivity contribution >= 4 is 38.9 Å². The SMILES string of the molecule is CCN(CC)C(=O)c1ccc(NC(=O)C2(S(=O)(=O)c3ccc(Cl)cc3)CCCC2)cc1. The van der Waals surface area contributed by atoms with E-state index in [1.54, 1.807) is 29.2 Å². The lowest BCUT2D eigenvalue weighted by Gasteiger charge is -2.27. The van der Waals surface area contributed by atoms with Crippen LogP contribution in [-0.4, -0.2) is 43.0 Å². The number of sulfone groups is 1. The van der Waals surface area contributed by atoms with Crippen molar-refractivity contribution in [3.63, 3.8) is 0 Å². The lowest BCUT2D eigenvalue weighted by molar-refractivity contribution is -0.118. The summed E-state index contributed by atoms with van der Waals surface area (Å²) >= 11 is 5.90. The molecule has 1 fully saturated rings. The molecular formula is C23H27ClN2O4S. The summed E-state index contributed by atoms with van der Waals surface area (Å²) in [5.74, 6) is -0.622. The van der Waals surface area contributed by atoms with Gasteiger partial charge in [0, 0.05) is 29.4 Å². The molecule has 31 heavy (non-hydrogen) atoms. The zero-order valence-corrected chi connectivity index (χ0v) is 19.3. The molecule has 0 unspecified atom stereocenters. The summed E-state index contributed by atoms with van der Waals surface area (Å²) in [5, 5.41) is 3.20. The Balaban J connectivity index is 1.85. The predicted octanol–water partition coefficient (Wildman–Crippen LogP) is 4.55. The smallest absolute Gasteiger partial charge is 0.253 e. The number of halogens is 1. The fraction of sp³-hybridized carbons (Fsp3) is 0.391. The molecule has 0 aliphatic heterocycles. The van der Waals surface area contributed by atoms with Crippen LogP contribution in [0.3, 0.4) is 0 Å². The highest BCUT2D eigenvalue weighted by molar-refractivity contribution is 7.93. The van der Waals surface area contributed by atoms with Crippen LogP contribution in [-0.2, 0) is 14.6 Å². The number of hydrogen-bond acceptors (Lipinski definition) is 4. The molecule has 0 bridgehead atoms. The van der Waals surface area contributed by atoms with Crippen molar-refractivity contribution in [2.75, 3.05) is 18.4 Å². The summed E-state index contributed by atoms with van der Waals surface area (Å²) in [5.41, 5.74) is 0.977. The van der Waals surface area contributed by atoms with Crippen LogP contribution >= 0.6 is 11.6 Å². The number of carbonyl (C=O) groups excluding carboxylic acids is 2. The van der Waals surface area contributed by atoms with E-state index >= 15 is 0 Å². The molecule has 2 aromatic carbocycles. The van der Waals surface area contributed by atoms with Crippen LogP contribution < -0.4 is 5.32 Å². The van der Waals surface area contributed by atoms with Crippen LogP contribution in [0.25, 0.3) is 0 Å². The number of carbonyl (C=O) groups is 2. The molecule has 1 aliphatic rings. The fourth-order valence-electron chi connectivity index (χ4n) is 4.04. The lowest BCUT2D eigenvalue weighted by Crippen LogP contribution is -2.47. The molecule has 0 saturated heterocycles. The third-order valence-corrected chi connectivity index (χ3v) is 8.67. The van der Waals surface area contributed by atoms with E-state index in [0.29, 0.717) is 42.2 Å². The fourth-order valence-corrected chi connectivity index (χ4v) is 6.23. The minimum atomic E-state index is -3.91. The highest BCUT2D eigenvalue weighted by Crippen LogP contribution is 2.41. The molecular weight excluding hydrogens is 436 g/mol. The van der Waals surface area contributed by atoms with Gasteiger partial charge in [0.1, 0.15) is 0 Å². The van der Waals surface area contributed by atoms with Crippen molar-refractivity contribution in [2.45, 2.75) is 49.2 Å². The topological polar surface area (TPSA) is 83.6 Å². The Kier molecular flexibility index (Phi) is 7.06. The van der Waals surface area contributed by atoms with Crippen molar-refractivity contribution < 1.29 is 18.0 Å². The third-order valence-electron chi connectivity index (χ3n) is 5.90. The maximum absolute atomic E-state index is 13.4. The van der Waals surface area contributed by atoms with Crippen LogP contribution in [0.1, 0.15) is 49.9 Å². The molecule has 8 heteroatoms. The molecule has 0 heterocycles. The normalized spacial score (nSPS) is 15.5. The maximum atomic E-state index is 13.4. The van der Waals surface area contributed by atoms with Crippen molar-refractivity contribution in [1.82, 2.24) is 4.90 Å². The minimum absolute atomic E-state index is 0.0829. The van der Waals surface area contributed by atoms with E-state index in [0.717, 1.165) is 0 Å². The Hall–Kier alpha value is -2.38. The molecule has 2 amide bonds. The first kappa shape index (κ1) is 23.3. The van der Waals surface area contributed by atoms with Crippen molar-refractivity contribution in [3.8, 4) is 0 Å². The molecule has 0 radical (unpaired) electrons. The second kappa shape index (κ2) is 9.40. The average molecular weight is 463 g/mol. The second-order valence-corrected chi connectivity index (χ2v) is 10.4. The quantitative estimate of drug-likeness (QED) is 0.654. The number of benzene rings is 2. The van der Waals surface area contributed by atoms with Gasteiger partial charge in [-0.05, 0) is 75.2 Å². The Morgan fingerprint density at radius 2 is 1.52 bits per heavy atom. The van der Waals surface area contributed by atoms with Gasteiger partial charge in [0.05, 0.1) is 4.90 Å². The van der Waals surface area contributed by atoms with E-state index in [1.807, 2.05) is 13.8 Å². The zero-order chi connectivity index (χ0) is 22.6. The van der Waals surface area contributed by atoms with Gasteiger partial charge in [-0.15, -0.1) is 0 Å². The number of nitrogens with zero attached hydrogens (tertiary/aromatic N) is 1. The minimum Gasteiger partial charge on any atom is -0.339 e. The van der Waals surface area contributed by atoms with E-state index in [4.69, 9.17) is 11.6 Å². The van der Waals surface area contributed by atoms with Gasteiger partial charge in [-0.25, -0.2) is 8.42 Å². The van der Waals surface area contributed by atoms with Crippen LogP contribution in [0, 0.1) is 0 Å². The molecule has 1 N–H and O–H groups in total. The molecule has 0 atom stereocenters. The summed E-state index contributed by atoms with van der Waals surface area (Å²) < 4.78 is 25.3. The van der Waals surface area contributed by atoms with Gasteiger partial charge in [-0.2, -0.15) is 0 Å². The molecule has 2 aromatic rings. The van der Waals surface area contributed by atoms with Gasteiger partial charge in [0.25, 0.3) is 5.91 Å².